The number of nitrogens with two attached hydrogens (primary N) is 1. The molecule has 2 rings (SSSR count). The Bertz CT molecular complexity index is 413. The van der Waals surface area contributed by atoms with Gasteiger partial charge in [0.2, 0.25) is 0 Å². The van der Waals surface area contributed by atoms with Crippen LogP contribution in [0.2, 0.25) is 0 Å². The highest BCUT2D eigenvalue weighted by molar-refractivity contribution is 5.94. The molecular formula is C15H22N2O. The van der Waals surface area contributed by atoms with Gasteiger partial charge in [0.15, 0.2) is 0 Å². The zero-order chi connectivity index (χ0) is 13.0. The van der Waals surface area contributed by atoms with Crippen LogP contribution in [0.3, 0.4) is 0 Å². The van der Waals surface area contributed by atoms with E-state index >= 15 is 0 Å². The van der Waals surface area contributed by atoms with Crippen LogP contribution in [-0.2, 0) is 6.42 Å². The Kier molecular flexibility index (Phi) is 4.37. The van der Waals surface area contributed by atoms with E-state index in [4.69, 9.17) is 5.73 Å². The highest BCUT2D eigenvalue weighted by Crippen LogP contribution is 2.28. The van der Waals surface area contributed by atoms with Gasteiger partial charge in [0.05, 0.1) is 0 Å². The monoisotopic (exact) mass is 246 g/mol. The SMILES string of the molecule is CCCN(C(=O)c1cccc(CCN)c1)C1CC1. The lowest BCUT2D eigenvalue weighted by Gasteiger charge is -2.22. The molecule has 1 aliphatic rings. The Hall–Kier alpha value is -1.35. The molecule has 0 unspecified atom stereocenters. The Morgan fingerprint density at radius 2 is 2.22 bits per heavy atom. The van der Waals surface area contributed by atoms with Crippen LogP contribution in [0, 0.1) is 0 Å². The molecule has 0 heterocycles. The average molecular weight is 246 g/mol. The van der Waals surface area contributed by atoms with Crippen molar-refractivity contribution in [1.29, 1.82) is 0 Å². The van der Waals surface area contributed by atoms with Gasteiger partial charge in [-0.1, -0.05) is 19.1 Å². The van der Waals surface area contributed by atoms with Crippen LogP contribution in [0.4, 0.5) is 0 Å². The summed E-state index contributed by atoms with van der Waals surface area (Å²) in [5.74, 6) is 0.179. The molecule has 0 saturated heterocycles. The second-order valence-electron chi connectivity index (χ2n) is 4.97. The minimum Gasteiger partial charge on any atom is -0.336 e. The second kappa shape index (κ2) is 6.01. The first-order valence-corrected chi connectivity index (χ1v) is 6.86. The van der Waals surface area contributed by atoms with Gasteiger partial charge in [-0.25, -0.2) is 0 Å². The van der Waals surface area contributed by atoms with Crippen LogP contribution in [0.5, 0.6) is 0 Å². The lowest BCUT2D eigenvalue weighted by atomic mass is 10.1. The first kappa shape index (κ1) is 13.1. The van der Waals surface area contributed by atoms with Crippen LogP contribution >= 0.6 is 0 Å². The predicted octanol–water partition coefficient (Wildman–Crippen LogP) is 2.20. The number of rotatable bonds is 6. The molecule has 1 amide bonds. The molecule has 0 radical (unpaired) electrons. The molecule has 0 spiro atoms. The lowest BCUT2D eigenvalue weighted by Crippen LogP contribution is -2.33. The maximum Gasteiger partial charge on any atom is 0.254 e. The van der Waals surface area contributed by atoms with Crippen molar-refractivity contribution in [2.24, 2.45) is 5.73 Å². The van der Waals surface area contributed by atoms with Crippen LogP contribution in [0.15, 0.2) is 24.3 Å². The molecule has 1 aromatic carbocycles. The Morgan fingerprint density at radius 1 is 1.44 bits per heavy atom. The number of benzene rings is 1. The molecule has 98 valence electrons. The number of amides is 1. The van der Waals surface area contributed by atoms with Crippen LogP contribution in [0.1, 0.15) is 42.1 Å². The molecule has 1 saturated carbocycles. The van der Waals surface area contributed by atoms with E-state index in [2.05, 4.69) is 6.92 Å². The fourth-order valence-electron chi connectivity index (χ4n) is 2.27. The third kappa shape index (κ3) is 3.10. The molecule has 0 aliphatic heterocycles. The summed E-state index contributed by atoms with van der Waals surface area (Å²) in [5, 5.41) is 0. The summed E-state index contributed by atoms with van der Waals surface area (Å²) >= 11 is 0. The van der Waals surface area contributed by atoms with E-state index in [-0.39, 0.29) is 5.91 Å². The average Bonchev–Trinajstić information content (AvgIpc) is 3.20. The molecule has 0 aromatic heterocycles. The maximum atomic E-state index is 12.5. The zero-order valence-corrected chi connectivity index (χ0v) is 11.1. The minimum absolute atomic E-state index is 0.179. The third-order valence-corrected chi connectivity index (χ3v) is 3.32. The van der Waals surface area contributed by atoms with E-state index in [0.29, 0.717) is 12.6 Å². The smallest absolute Gasteiger partial charge is 0.254 e. The molecule has 0 atom stereocenters. The molecule has 18 heavy (non-hydrogen) atoms. The summed E-state index contributed by atoms with van der Waals surface area (Å²) in [6.07, 6.45) is 4.17. The summed E-state index contributed by atoms with van der Waals surface area (Å²) in [6, 6.07) is 8.36. The van der Waals surface area contributed by atoms with Crippen molar-refractivity contribution in [2.45, 2.75) is 38.6 Å². The third-order valence-electron chi connectivity index (χ3n) is 3.32. The highest BCUT2D eigenvalue weighted by atomic mass is 16.2. The van der Waals surface area contributed by atoms with Crippen LogP contribution < -0.4 is 5.73 Å². The number of carbonyl (C=O) groups excluding carboxylic acids is 1. The van der Waals surface area contributed by atoms with E-state index in [9.17, 15) is 4.79 Å². The van der Waals surface area contributed by atoms with Gasteiger partial charge in [0.25, 0.3) is 5.91 Å². The molecular weight excluding hydrogens is 224 g/mol. The summed E-state index contributed by atoms with van der Waals surface area (Å²) in [7, 11) is 0. The van der Waals surface area contributed by atoms with Gasteiger partial charge in [-0.05, 0) is 49.9 Å². The molecule has 3 nitrogen and oxygen atoms in total. The molecule has 2 N–H and O–H groups in total. The standard InChI is InChI=1S/C15H22N2O/c1-2-10-17(14-6-7-14)15(18)13-5-3-4-12(11-13)8-9-16/h3-5,11,14H,2,6-10,16H2,1H3. The molecule has 3 heteroatoms. The van der Waals surface area contributed by atoms with Crippen molar-refractivity contribution in [3.05, 3.63) is 35.4 Å². The minimum atomic E-state index is 0.179. The van der Waals surface area contributed by atoms with Crippen molar-refractivity contribution in [2.75, 3.05) is 13.1 Å². The topological polar surface area (TPSA) is 46.3 Å². The van der Waals surface area contributed by atoms with Gasteiger partial charge >= 0.3 is 0 Å². The van der Waals surface area contributed by atoms with Crippen molar-refractivity contribution >= 4 is 5.91 Å². The fourth-order valence-corrected chi connectivity index (χ4v) is 2.27. The van der Waals surface area contributed by atoms with E-state index in [1.165, 1.54) is 0 Å². The van der Waals surface area contributed by atoms with E-state index in [0.717, 1.165) is 43.4 Å². The van der Waals surface area contributed by atoms with Gasteiger partial charge in [0.1, 0.15) is 0 Å². The summed E-state index contributed by atoms with van der Waals surface area (Å²) in [4.78, 5) is 14.5. The van der Waals surface area contributed by atoms with Gasteiger partial charge in [0, 0.05) is 18.2 Å². The number of hydrogen-bond donors (Lipinski definition) is 1. The van der Waals surface area contributed by atoms with Gasteiger partial charge in [-0.2, -0.15) is 0 Å². The largest absolute Gasteiger partial charge is 0.336 e. The highest BCUT2D eigenvalue weighted by Gasteiger charge is 2.32. The fraction of sp³-hybridized carbons (Fsp3) is 0.533. The molecule has 1 aromatic rings. The normalized spacial score (nSPS) is 14.6. The van der Waals surface area contributed by atoms with Gasteiger partial charge in [-0.15, -0.1) is 0 Å². The Balaban J connectivity index is 2.13. The zero-order valence-electron chi connectivity index (χ0n) is 11.1. The first-order valence-electron chi connectivity index (χ1n) is 6.86. The predicted molar refractivity (Wildman–Crippen MR) is 73.5 cm³/mol. The van der Waals surface area contributed by atoms with Gasteiger partial charge < -0.3 is 10.6 Å². The molecule has 0 bridgehead atoms. The number of hydrogen-bond acceptors (Lipinski definition) is 2. The second-order valence-corrected chi connectivity index (χ2v) is 4.97. The van der Waals surface area contributed by atoms with E-state index in [1.54, 1.807) is 0 Å². The summed E-state index contributed by atoms with van der Waals surface area (Å²) < 4.78 is 0. The van der Waals surface area contributed by atoms with Crippen molar-refractivity contribution in [3.63, 3.8) is 0 Å². The Morgan fingerprint density at radius 3 is 2.83 bits per heavy atom. The van der Waals surface area contributed by atoms with Crippen LogP contribution in [0.25, 0.3) is 0 Å². The van der Waals surface area contributed by atoms with Crippen LogP contribution in [-0.4, -0.2) is 29.9 Å². The first-order chi connectivity index (χ1) is 8.76. The lowest BCUT2D eigenvalue weighted by molar-refractivity contribution is 0.0743. The van der Waals surface area contributed by atoms with Crippen molar-refractivity contribution in [1.82, 2.24) is 4.90 Å². The quantitative estimate of drug-likeness (QED) is 0.836. The number of carbonyl (C=O) groups is 1. The molecule has 1 fully saturated rings. The van der Waals surface area contributed by atoms with E-state index in [1.807, 2.05) is 29.2 Å². The molecule has 1 aliphatic carbocycles. The summed E-state index contributed by atoms with van der Waals surface area (Å²) in [5.41, 5.74) is 7.51. The van der Waals surface area contributed by atoms with E-state index < -0.39 is 0 Å². The summed E-state index contributed by atoms with van der Waals surface area (Å²) in [6.45, 7) is 3.61. The number of nitrogens with zero attached hydrogens (tertiary/aromatic N) is 1. The Labute approximate surface area is 109 Å². The van der Waals surface area contributed by atoms with Crippen molar-refractivity contribution in [3.8, 4) is 0 Å². The van der Waals surface area contributed by atoms with Gasteiger partial charge in [-0.3, -0.25) is 4.79 Å². The van der Waals surface area contributed by atoms with Crippen molar-refractivity contribution < 1.29 is 4.79 Å². The maximum absolute atomic E-state index is 12.5.